The van der Waals surface area contributed by atoms with Crippen LogP contribution in [0.3, 0.4) is 0 Å². The molecule has 0 radical (unpaired) electrons. The molecule has 0 bridgehead atoms. The van der Waals surface area contributed by atoms with Crippen molar-refractivity contribution in [3.05, 3.63) is 47.8 Å². The molecule has 8 nitrogen and oxygen atoms in total. The van der Waals surface area contributed by atoms with Crippen LogP contribution in [0, 0.1) is 5.92 Å². The standard InChI is InChI=1S/C21H30N4O4S/c1-3-24-16-20(15-23-24)30(27,28)25-11-8-18(9-12-25)14-17-4-6-19(7-5-17)21(26)22-10-13-29-2/h4-7,15-16,18H,3,8-14H2,1-2H3,(H,22,26). The van der Waals surface area contributed by atoms with Crippen LogP contribution in [0.4, 0.5) is 0 Å². The van der Waals surface area contributed by atoms with Crippen molar-refractivity contribution in [2.24, 2.45) is 5.92 Å². The maximum Gasteiger partial charge on any atom is 0.251 e. The van der Waals surface area contributed by atoms with Gasteiger partial charge >= 0.3 is 0 Å². The monoisotopic (exact) mass is 434 g/mol. The number of ether oxygens (including phenoxy) is 1. The van der Waals surface area contributed by atoms with E-state index >= 15 is 0 Å². The summed E-state index contributed by atoms with van der Waals surface area (Å²) in [7, 11) is -1.88. The highest BCUT2D eigenvalue weighted by molar-refractivity contribution is 7.89. The highest BCUT2D eigenvalue weighted by Crippen LogP contribution is 2.26. The van der Waals surface area contributed by atoms with Gasteiger partial charge in [-0.05, 0) is 49.8 Å². The third-order valence-corrected chi connectivity index (χ3v) is 7.33. The minimum Gasteiger partial charge on any atom is -0.383 e. The van der Waals surface area contributed by atoms with Gasteiger partial charge in [-0.15, -0.1) is 0 Å². The minimum atomic E-state index is -3.48. The first kappa shape index (κ1) is 22.5. The summed E-state index contributed by atoms with van der Waals surface area (Å²) in [6, 6.07) is 7.63. The van der Waals surface area contributed by atoms with Crippen molar-refractivity contribution >= 4 is 15.9 Å². The molecule has 0 saturated carbocycles. The Hall–Kier alpha value is -2.23. The normalized spacial score (nSPS) is 15.9. The number of methoxy groups -OCH3 is 1. The molecule has 9 heteroatoms. The number of aryl methyl sites for hydroxylation is 1. The molecule has 164 valence electrons. The number of nitrogens with one attached hydrogen (secondary N) is 1. The van der Waals surface area contributed by atoms with E-state index in [1.54, 1.807) is 22.3 Å². The lowest BCUT2D eigenvalue weighted by atomic mass is 9.91. The van der Waals surface area contributed by atoms with Crippen LogP contribution in [0.5, 0.6) is 0 Å². The minimum absolute atomic E-state index is 0.108. The molecular weight excluding hydrogens is 404 g/mol. The first-order chi connectivity index (χ1) is 14.4. The molecule has 3 rings (SSSR count). The summed E-state index contributed by atoms with van der Waals surface area (Å²) in [5, 5.41) is 6.89. The fourth-order valence-electron chi connectivity index (χ4n) is 3.65. The quantitative estimate of drug-likeness (QED) is 0.609. The van der Waals surface area contributed by atoms with Gasteiger partial charge in [0, 0.05) is 45.0 Å². The summed E-state index contributed by atoms with van der Waals surface area (Å²) in [5.74, 6) is 0.319. The Morgan fingerprint density at radius 1 is 1.23 bits per heavy atom. The van der Waals surface area contributed by atoms with Crippen molar-refractivity contribution in [2.75, 3.05) is 33.4 Å². The molecule has 1 fully saturated rings. The molecule has 0 atom stereocenters. The van der Waals surface area contributed by atoms with E-state index in [-0.39, 0.29) is 10.8 Å². The number of carbonyl (C=O) groups is 1. The number of hydrogen-bond acceptors (Lipinski definition) is 5. The molecular formula is C21H30N4O4S. The van der Waals surface area contributed by atoms with Crippen molar-refractivity contribution in [3.63, 3.8) is 0 Å². The van der Waals surface area contributed by atoms with E-state index in [4.69, 9.17) is 4.74 Å². The Morgan fingerprint density at radius 2 is 1.93 bits per heavy atom. The first-order valence-corrected chi connectivity index (χ1v) is 11.8. The van der Waals surface area contributed by atoms with Crippen molar-refractivity contribution in [3.8, 4) is 0 Å². The Balaban J connectivity index is 1.51. The second kappa shape index (κ2) is 10.2. The number of rotatable bonds is 9. The number of amides is 1. The Labute approximate surface area is 178 Å². The van der Waals surface area contributed by atoms with Crippen LogP contribution < -0.4 is 5.32 Å². The second-order valence-corrected chi connectivity index (χ2v) is 9.47. The van der Waals surface area contributed by atoms with Gasteiger partial charge in [0.05, 0.1) is 12.8 Å². The van der Waals surface area contributed by atoms with Crippen LogP contribution in [0.25, 0.3) is 0 Å². The SMILES string of the molecule is CCn1cc(S(=O)(=O)N2CCC(Cc3ccc(C(=O)NCCOC)cc3)CC2)cn1. The second-order valence-electron chi connectivity index (χ2n) is 7.53. The van der Waals surface area contributed by atoms with E-state index in [0.717, 1.165) is 24.8 Å². The number of hydrogen-bond donors (Lipinski definition) is 1. The van der Waals surface area contributed by atoms with E-state index in [1.807, 2.05) is 31.2 Å². The van der Waals surface area contributed by atoms with Gasteiger partial charge in [-0.25, -0.2) is 8.42 Å². The molecule has 1 aliphatic rings. The van der Waals surface area contributed by atoms with Gasteiger partial charge in [-0.1, -0.05) is 12.1 Å². The molecule has 2 heterocycles. The Morgan fingerprint density at radius 3 is 2.53 bits per heavy atom. The molecule has 1 saturated heterocycles. The Kier molecular flexibility index (Phi) is 7.63. The van der Waals surface area contributed by atoms with E-state index in [9.17, 15) is 13.2 Å². The van der Waals surface area contributed by atoms with Gasteiger partial charge in [0.2, 0.25) is 10.0 Å². The molecule has 0 aliphatic carbocycles. The first-order valence-electron chi connectivity index (χ1n) is 10.3. The van der Waals surface area contributed by atoms with E-state index in [2.05, 4.69) is 10.4 Å². The summed E-state index contributed by atoms with van der Waals surface area (Å²) in [5.41, 5.74) is 1.79. The summed E-state index contributed by atoms with van der Waals surface area (Å²) >= 11 is 0. The molecule has 2 aromatic rings. The summed E-state index contributed by atoms with van der Waals surface area (Å²) < 4.78 is 33.7. The zero-order valence-corrected chi connectivity index (χ0v) is 18.4. The van der Waals surface area contributed by atoms with E-state index in [0.29, 0.717) is 44.3 Å². The molecule has 1 aliphatic heterocycles. The molecule has 1 aromatic heterocycles. The van der Waals surface area contributed by atoms with Crippen molar-refractivity contribution in [1.29, 1.82) is 0 Å². The largest absolute Gasteiger partial charge is 0.383 e. The lowest BCUT2D eigenvalue weighted by Gasteiger charge is -2.31. The van der Waals surface area contributed by atoms with Crippen LogP contribution in [0.15, 0.2) is 41.6 Å². The van der Waals surface area contributed by atoms with Gasteiger partial charge in [0.15, 0.2) is 0 Å². The van der Waals surface area contributed by atoms with E-state index in [1.165, 1.54) is 6.20 Å². The third kappa shape index (κ3) is 5.47. The van der Waals surface area contributed by atoms with Crippen molar-refractivity contribution in [1.82, 2.24) is 19.4 Å². The fourth-order valence-corrected chi connectivity index (χ4v) is 5.07. The number of nitrogens with zero attached hydrogens (tertiary/aromatic N) is 3. The smallest absolute Gasteiger partial charge is 0.251 e. The maximum atomic E-state index is 12.8. The fraction of sp³-hybridized carbons (Fsp3) is 0.524. The molecule has 0 unspecified atom stereocenters. The average Bonchev–Trinajstić information content (AvgIpc) is 3.25. The number of carbonyl (C=O) groups excluding carboxylic acids is 1. The third-order valence-electron chi connectivity index (χ3n) is 5.48. The molecule has 1 amide bonds. The topological polar surface area (TPSA) is 93.5 Å². The van der Waals surface area contributed by atoms with Crippen LogP contribution in [0.1, 0.15) is 35.7 Å². The average molecular weight is 435 g/mol. The Bertz CT molecular complexity index is 932. The van der Waals surface area contributed by atoms with Gasteiger partial charge in [-0.3, -0.25) is 9.48 Å². The van der Waals surface area contributed by atoms with E-state index < -0.39 is 10.0 Å². The molecule has 0 spiro atoms. The predicted molar refractivity (Wildman–Crippen MR) is 114 cm³/mol. The lowest BCUT2D eigenvalue weighted by Crippen LogP contribution is -2.38. The van der Waals surface area contributed by atoms with Crippen LogP contribution in [-0.2, 0) is 27.7 Å². The number of aromatic nitrogens is 2. The summed E-state index contributed by atoms with van der Waals surface area (Å²) in [6.07, 6.45) is 5.54. The number of benzene rings is 1. The van der Waals surface area contributed by atoms with Gasteiger partial charge in [-0.2, -0.15) is 9.40 Å². The van der Waals surface area contributed by atoms with Crippen LogP contribution >= 0.6 is 0 Å². The van der Waals surface area contributed by atoms with Crippen molar-refractivity contribution in [2.45, 2.75) is 37.6 Å². The number of piperidine rings is 1. The zero-order chi connectivity index (χ0) is 21.6. The summed E-state index contributed by atoms with van der Waals surface area (Å²) in [4.78, 5) is 12.3. The predicted octanol–water partition coefficient (Wildman–Crippen LogP) is 1.92. The highest BCUT2D eigenvalue weighted by atomic mass is 32.2. The molecule has 30 heavy (non-hydrogen) atoms. The lowest BCUT2D eigenvalue weighted by molar-refractivity contribution is 0.0937. The van der Waals surface area contributed by atoms with Gasteiger partial charge in [0.25, 0.3) is 5.91 Å². The van der Waals surface area contributed by atoms with Crippen LogP contribution in [0.2, 0.25) is 0 Å². The molecule has 1 aromatic carbocycles. The van der Waals surface area contributed by atoms with Gasteiger partial charge < -0.3 is 10.1 Å². The zero-order valence-electron chi connectivity index (χ0n) is 17.6. The van der Waals surface area contributed by atoms with Crippen LogP contribution in [-0.4, -0.2) is 61.8 Å². The van der Waals surface area contributed by atoms with Crippen molar-refractivity contribution < 1.29 is 17.9 Å². The molecule has 1 N–H and O–H groups in total. The highest BCUT2D eigenvalue weighted by Gasteiger charge is 2.30. The maximum absolute atomic E-state index is 12.8. The van der Waals surface area contributed by atoms with Gasteiger partial charge in [0.1, 0.15) is 4.90 Å². The summed E-state index contributed by atoms with van der Waals surface area (Å²) in [6.45, 7) is 4.58. The number of sulfonamides is 1.